The van der Waals surface area contributed by atoms with Crippen LogP contribution < -0.4 is 37.1 Å². The number of amides is 4. The van der Waals surface area contributed by atoms with Gasteiger partial charge in [0.1, 0.15) is 39.1 Å². The number of esters is 1. The van der Waals surface area contributed by atoms with Crippen molar-refractivity contribution in [3.05, 3.63) is 100 Å². The molecular weight excluding hydrogens is 809 g/mol. The molecule has 1 spiro atoms. The third-order valence-electron chi connectivity index (χ3n) is 9.17. The molecule has 1 aromatic heterocycles. The zero-order valence-corrected chi connectivity index (χ0v) is 32.2. The average molecular weight is 839 g/mol. The van der Waals surface area contributed by atoms with Crippen LogP contribution in [0, 0.1) is 0 Å². The Balaban J connectivity index is 0.809. The molecule has 0 radical (unpaired) electrons. The number of phenolic OH excluding ortho intramolecular Hbond substituents is 2. The number of carbonyl (C=O) groups excluding carboxylic acids is 5. The van der Waals surface area contributed by atoms with E-state index in [1.165, 1.54) is 47.4 Å². The molecule has 0 saturated heterocycles. The first kappa shape index (κ1) is 38.1. The molecule has 3 aliphatic rings. The number of ether oxygens (including phenoxy) is 2. The van der Waals surface area contributed by atoms with E-state index in [0.717, 1.165) is 4.70 Å². The number of aromatic nitrogens is 1. The molecule has 294 valence electrons. The number of hydrogen-bond donors (Lipinski definition) is 8. The lowest BCUT2D eigenvalue weighted by molar-refractivity contribution is -0.126. The monoisotopic (exact) mass is 838 g/mol. The largest absolute Gasteiger partial charge is 0.508 e. The number of anilines is 2. The van der Waals surface area contributed by atoms with Crippen LogP contribution in [-0.4, -0.2) is 86.4 Å². The van der Waals surface area contributed by atoms with Crippen molar-refractivity contribution in [1.29, 1.82) is 0 Å². The molecule has 58 heavy (non-hydrogen) atoms. The maximum Gasteiger partial charge on any atom is 0.340 e. The standard InChI is InChI=1S/C38H30N8O9S3/c39-33(52)26-16-57-34(46-26)35-45-25-8-2-18(10-29(25)58-35)43-32(51)15-41-30(49)13-40-31(50)14-42-37(56)44-17-1-5-22-21(9-17)36(53)55-38(22)23-6-3-19(47)11-27(23)54-28-12-20(48)4-7-24(28)38/h1-12,26,47-48H,13-16H2,(H2,39,52)(H,40,50)(H,41,49)(H,43,51)(H2,42,44,56). The number of nitrogens with zero attached hydrogens (tertiary/aromatic N) is 2. The SMILES string of the molecule is NC(=O)C1CSC(c2nc3ccc(NC(=O)CNC(=O)CNC(=O)CNC(=S)Nc4ccc5c(c4)C(=O)OC54c5ccc(O)cc5Oc5cc(O)ccc54)cc3s2)=N1. The second-order valence-electron chi connectivity index (χ2n) is 13.1. The molecule has 20 heteroatoms. The number of thiazole rings is 1. The van der Waals surface area contributed by atoms with Crippen molar-refractivity contribution in [3.8, 4) is 23.0 Å². The lowest BCUT2D eigenvalue weighted by Gasteiger charge is -2.36. The maximum absolute atomic E-state index is 13.4. The van der Waals surface area contributed by atoms with E-state index in [-0.39, 0.29) is 46.8 Å². The molecule has 8 rings (SSSR count). The third-order valence-corrected chi connectivity index (χ3v) is 11.6. The molecule has 5 aromatic rings. The molecule has 4 aromatic carbocycles. The number of fused-ring (bicyclic) bond motifs is 7. The molecule has 0 aliphatic carbocycles. The minimum Gasteiger partial charge on any atom is -0.508 e. The van der Waals surface area contributed by atoms with Crippen LogP contribution in [0.3, 0.4) is 0 Å². The number of thiocarbonyl (C=S) groups is 1. The maximum atomic E-state index is 13.4. The van der Waals surface area contributed by atoms with Crippen molar-refractivity contribution in [2.24, 2.45) is 10.7 Å². The summed E-state index contributed by atoms with van der Waals surface area (Å²) >= 11 is 8.12. The highest BCUT2D eigenvalue weighted by molar-refractivity contribution is 8.15. The van der Waals surface area contributed by atoms with E-state index in [0.29, 0.717) is 49.4 Å². The van der Waals surface area contributed by atoms with Gasteiger partial charge >= 0.3 is 5.97 Å². The molecule has 0 saturated carbocycles. The Morgan fingerprint density at radius 2 is 1.43 bits per heavy atom. The van der Waals surface area contributed by atoms with Gasteiger partial charge < -0.3 is 52.0 Å². The Labute approximate surface area is 341 Å². The Morgan fingerprint density at radius 1 is 0.810 bits per heavy atom. The van der Waals surface area contributed by atoms with Crippen LogP contribution >= 0.6 is 35.3 Å². The molecule has 1 unspecified atom stereocenters. The Morgan fingerprint density at radius 3 is 2.10 bits per heavy atom. The van der Waals surface area contributed by atoms with E-state index in [2.05, 4.69) is 36.6 Å². The molecule has 3 aliphatic heterocycles. The number of rotatable bonds is 10. The number of primary amides is 1. The van der Waals surface area contributed by atoms with Crippen LogP contribution in [0.15, 0.2) is 77.8 Å². The predicted octanol–water partition coefficient (Wildman–Crippen LogP) is 2.78. The number of phenols is 2. The quantitative estimate of drug-likeness (QED) is 0.0744. The van der Waals surface area contributed by atoms with Gasteiger partial charge in [0, 0.05) is 46.0 Å². The Kier molecular flexibility index (Phi) is 10.0. The van der Waals surface area contributed by atoms with E-state index in [9.17, 15) is 34.2 Å². The summed E-state index contributed by atoms with van der Waals surface area (Å²) in [5.41, 5.74) is 7.24. The van der Waals surface area contributed by atoms with Crippen LogP contribution in [0.2, 0.25) is 0 Å². The van der Waals surface area contributed by atoms with Gasteiger partial charge in [-0.05, 0) is 66.8 Å². The number of nitrogens with one attached hydrogen (secondary N) is 5. The van der Waals surface area contributed by atoms with E-state index in [1.54, 1.807) is 48.5 Å². The molecule has 0 bridgehead atoms. The molecule has 4 heterocycles. The molecule has 17 nitrogen and oxygen atoms in total. The highest BCUT2D eigenvalue weighted by Crippen LogP contribution is 2.57. The van der Waals surface area contributed by atoms with E-state index in [4.69, 9.17) is 27.4 Å². The third kappa shape index (κ3) is 7.42. The van der Waals surface area contributed by atoms with Gasteiger partial charge in [-0.25, -0.2) is 9.78 Å². The molecule has 0 fully saturated rings. The van der Waals surface area contributed by atoms with Gasteiger partial charge in [0.05, 0.1) is 35.4 Å². The fourth-order valence-corrected chi connectivity index (χ4v) is 8.85. The van der Waals surface area contributed by atoms with Crippen molar-refractivity contribution in [1.82, 2.24) is 20.9 Å². The molecule has 4 amide bonds. The van der Waals surface area contributed by atoms with E-state index < -0.39 is 47.8 Å². The smallest absolute Gasteiger partial charge is 0.340 e. The van der Waals surface area contributed by atoms with Crippen LogP contribution in [0.4, 0.5) is 11.4 Å². The fraction of sp³-hybridized carbons (Fsp3) is 0.158. The first-order valence-corrected chi connectivity index (χ1v) is 19.6. The summed E-state index contributed by atoms with van der Waals surface area (Å²) in [5, 5.41) is 34.9. The lowest BCUT2D eigenvalue weighted by atomic mass is 9.77. The summed E-state index contributed by atoms with van der Waals surface area (Å²) < 4.78 is 12.8. The molecular formula is C38H30N8O9S3. The molecule has 9 N–H and O–H groups in total. The number of benzene rings is 4. The lowest BCUT2D eigenvalue weighted by Crippen LogP contribution is -2.44. The van der Waals surface area contributed by atoms with Gasteiger partial charge in [0.2, 0.25) is 23.6 Å². The average Bonchev–Trinajstić information content (AvgIpc) is 3.92. The Bertz CT molecular complexity index is 2580. The van der Waals surface area contributed by atoms with Crippen LogP contribution in [0.1, 0.15) is 32.1 Å². The van der Waals surface area contributed by atoms with Crippen LogP contribution in [-0.2, 0) is 29.5 Å². The normalized spacial score (nSPS) is 15.6. The van der Waals surface area contributed by atoms with Gasteiger partial charge in [0.15, 0.2) is 10.7 Å². The first-order valence-electron chi connectivity index (χ1n) is 17.4. The summed E-state index contributed by atoms with van der Waals surface area (Å²) in [6, 6.07) is 18.4. The predicted molar refractivity (Wildman–Crippen MR) is 218 cm³/mol. The van der Waals surface area contributed by atoms with Crippen molar-refractivity contribution >= 4 is 96.7 Å². The zero-order chi connectivity index (χ0) is 40.7. The number of nitrogens with two attached hydrogens (primary N) is 1. The number of aromatic hydroxyl groups is 2. The first-order chi connectivity index (χ1) is 27.9. The van der Waals surface area contributed by atoms with Gasteiger partial charge in [-0.1, -0.05) is 6.07 Å². The fourth-order valence-electron chi connectivity index (χ4n) is 6.54. The summed E-state index contributed by atoms with van der Waals surface area (Å²) in [6.45, 7) is -1.03. The number of aliphatic imine (C=N–C) groups is 1. The number of carbonyl (C=O) groups is 5. The number of hydrogen-bond acceptors (Lipinski definition) is 14. The van der Waals surface area contributed by atoms with Crippen molar-refractivity contribution in [2.75, 3.05) is 36.0 Å². The van der Waals surface area contributed by atoms with Crippen molar-refractivity contribution < 1.29 is 43.7 Å². The highest BCUT2D eigenvalue weighted by atomic mass is 32.2. The van der Waals surface area contributed by atoms with Crippen LogP contribution in [0.5, 0.6) is 23.0 Å². The second kappa shape index (κ2) is 15.3. The minimum atomic E-state index is -1.42. The van der Waals surface area contributed by atoms with Crippen LogP contribution in [0.25, 0.3) is 10.2 Å². The molecule has 1 atom stereocenters. The highest BCUT2D eigenvalue weighted by Gasteiger charge is 2.53. The van der Waals surface area contributed by atoms with Gasteiger partial charge in [0.25, 0.3) is 0 Å². The minimum absolute atomic E-state index is 0.0562. The van der Waals surface area contributed by atoms with Gasteiger partial charge in [-0.15, -0.1) is 23.1 Å². The second-order valence-corrected chi connectivity index (χ2v) is 15.5. The van der Waals surface area contributed by atoms with Gasteiger partial charge in [-0.3, -0.25) is 24.2 Å². The van der Waals surface area contributed by atoms with Gasteiger partial charge in [-0.2, -0.15) is 0 Å². The summed E-state index contributed by atoms with van der Waals surface area (Å²) in [4.78, 5) is 71.1. The van der Waals surface area contributed by atoms with E-state index in [1.807, 2.05) is 0 Å². The summed E-state index contributed by atoms with van der Waals surface area (Å²) in [5.74, 6) is -1.90. The van der Waals surface area contributed by atoms with Crippen molar-refractivity contribution in [3.63, 3.8) is 0 Å². The van der Waals surface area contributed by atoms with E-state index >= 15 is 0 Å². The summed E-state index contributed by atoms with van der Waals surface area (Å²) in [6.07, 6.45) is 0. The topological polar surface area (TPSA) is 256 Å². The Hall–Kier alpha value is -6.77. The number of thioether (sulfide) groups is 1. The zero-order valence-electron chi connectivity index (χ0n) is 29.8. The van der Waals surface area contributed by atoms with Crippen molar-refractivity contribution in [2.45, 2.75) is 11.6 Å². The summed E-state index contributed by atoms with van der Waals surface area (Å²) in [7, 11) is 0.